The lowest BCUT2D eigenvalue weighted by Crippen LogP contribution is -2.47. The Morgan fingerprint density at radius 1 is 1.46 bits per heavy atom. The third-order valence-electron chi connectivity index (χ3n) is 4.35. The molecule has 1 atom stereocenters. The molecular weight excluding hydrogens is 310 g/mol. The summed E-state index contributed by atoms with van der Waals surface area (Å²) in [5, 5.41) is 4.11. The van der Waals surface area contributed by atoms with Crippen molar-refractivity contribution in [1.82, 2.24) is 25.9 Å². The molecule has 8 heteroatoms. The summed E-state index contributed by atoms with van der Waals surface area (Å²) in [6.07, 6.45) is 3.16. The van der Waals surface area contributed by atoms with Gasteiger partial charge in [0.1, 0.15) is 24.1 Å². The predicted molar refractivity (Wildman–Crippen MR) is 83.7 cm³/mol. The third-order valence-corrected chi connectivity index (χ3v) is 4.35. The van der Waals surface area contributed by atoms with E-state index in [1.165, 1.54) is 0 Å². The summed E-state index contributed by atoms with van der Waals surface area (Å²) in [5.41, 5.74) is 7.70. The summed E-state index contributed by atoms with van der Waals surface area (Å²) >= 11 is 0. The topological polar surface area (TPSA) is 92.5 Å². The molecule has 126 valence electrons. The van der Waals surface area contributed by atoms with Gasteiger partial charge in [-0.15, -0.1) is 0 Å². The first-order valence-corrected chi connectivity index (χ1v) is 8.08. The van der Waals surface area contributed by atoms with Gasteiger partial charge in [-0.3, -0.25) is 10.2 Å². The van der Waals surface area contributed by atoms with Gasteiger partial charge in [-0.25, -0.2) is 10.4 Å². The zero-order valence-corrected chi connectivity index (χ0v) is 13.2. The van der Waals surface area contributed by atoms with E-state index in [1.807, 2.05) is 17.0 Å². The molecule has 24 heavy (non-hydrogen) atoms. The van der Waals surface area contributed by atoms with Gasteiger partial charge in [-0.05, 0) is 12.5 Å². The van der Waals surface area contributed by atoms with Crippen molar-refractivity contribution < 1.29 is 14.1 Å². The predicted octanol–water partition coefficient (Wildman–Crippen LogP) is 0.400. The lowest BCUT2D eigenvalue weighted by molar-refractivity contribution is -0.134. The molecule has 4 heterocycles. The van der Waals surface area contributed by atoms with E-state index in [-0.39, 0.29) is 18.6 Å². The Labute approximate surface area is 139 Å². The number of hydrogen-bond acceptors (Lipinski definition) is 7. The molecule has 0 aromatic carbocycles. The highest BCUT2D eigenvalue weighted by Crippen LogP contribution is 2.24. The lowest BCUT2D eigenvalue weighted by atomic mass is 10.0. The minimum Gasteiger partial charge on any atom is -0.471 e. The van der Waals surface area contributed by atoms with Crippen LogP contribution in [0.15, 0.2) is 28.9 Å². The van der Waals surface area contributed by atoms with Crippen molar-refractivity contribution in [3.8, 4) is 5.88 Å². The number of nitrogens with one attached hydrogen (secondary N) is 2. The summed E-state index contributed by atoms with van der Waals surface area (Å²) < 4.78 is 11.1. The monoisotopic (exact) mass is 329 g/mol. The van der Waals surface area contributed by atoms with Gasteiger partial charge in [0.15, 0.2) is 0 Å². The Balaban J connectivity index is 1.44. The summed E-state index contributed by atoms with van der Waals surface area (Å²) in [6, 6.07) is 5.34. The maximum Gasteiger partial charge on any atom is 0.241 e. The Morgan fingerprint density at radius 3 is 3.21 bits per heavy atom. The second-order valence-corrected chi connectivity index (χ2v) is 5.91. The number of fused-ring (bicyclic) bond motifs is 1. The average Bonchev–Trinajstić information content (AvgIpc) is 3.30. The van der Waals surface area contributed by atoms with E-state index in [9.17, 15) is 4.79 Å². The molecule has 0 radical (unpaired) electrons. The van der Waals surface area contributed by atoms with Crippen molar-refractivity contribution in [2.75, 3.05) is 13.1 Å². The molecule has 1 fully saturated rings. The van der Waals surface area contributed by atoms with Crippen molar-refractivity contribution in [2.45, 2.75) is 32.0 Å². The van der Waals surface area contributed by atoms with Crippen molar-refractivity contribution in [2.24, 2.45) is 0 Å². The molecule has 2 aliphatic heterocycles. The fraction of sp³-hybridized carbons (Fsp3) is 0.438. The molecule has 0 saturated carbocycles. The van der Waals surface area contributed by atoms with Crippen LogP contribution in [0.2, 0.25) is 0 Å². The Kier molecular flexibility index (Phi) is 4.14. The molecule has 1 amide bonds. The normalized spacial score (nSPS) is 20.0. The molecule has 1 saturated heterocycles. The molecular formula is C16H19N5O3. The maximum atomic E-state index is 12.6. The van der Waals surface area contributed by atoms with E-state index in [0.29, 0.717) is 25.4 Å². The van der Waals surface area contributed by atoms with Gasteiger partial charge in [0, 0.05) is 37.3 Å². The van der Waals surface area contributed by atoms with Gasteiger partial charge in [-0.2, -0.15) is 0 Å². The van der Waals surface area contributed by atoms with Gasteiger partial charge < -0.3 is 14.2 Å². The highest BCUT2D eigenvalue weighted by molar-refractivity contribution is 5.82. The van der Waals surface area contributed by atoms with Crippen LogP contribution < -0.4 is 15.6 Å². The molecule has 2 aromatic heterocycles. The van der Waals surface area contributed by atoms with Gasteiger partial charge in [0.25, 0.3) is 0 Å². The number of amides is 1. The Morgan fingerprint density at radius 2 is 2.42 bits per heavy atom. The third kappa shape index (κ3) is 2.98. The van der Waals surface area contributed by atoms with Crippen LogP contribution in [-0.4, -0.2) is 40.1 Å². The largest absolute Gasteiger partial charge is 0.471 e. The molecule has 1 unspecified atom stereocenters. The molecule has 0 spiro atoms. The molecule has 4 rings (SSSR count). The van der Waals surface area contributed by atoms with E-state index >= 15 is 0 Å². The van der Waals surface area contributed by atoms with Gasteiger partial charge in [-0.1, -0.05) is 11.2 Å². The number of pyridine rings is 1. The Hall–Kier alpha value is -2.45. The number of ether oxygens (including phenoxy) is 1. The summed E-state index contributed by atoms with van der Waals surface area (Å²) in [6.45, 7) is 2.25. The van der Waals surface area contributed by atoms with E-state index in [4.69, 9.17) is 9.26 Å². The van der Waals surface area contributed by atoms with Crippen molar-refractivity contribution in [3.05, 3.63) is 41.4 Å². The van der Waals surface area contributed by atoms with E-state index in [1.54, 1.807) is 12.3 Å². The molecule has 2 N–H and O–H groups in total. The van der Waals surface area contributed by atoms with Crippen LogP contribution in [0, 0.1) is 0 Å². The molecule has 2 aliphatic rings. The minimum atomic E-state index is -0.153. The minimum absolute atomic E-state index is 0.114. The van der Waals surface area contributed by atoms with Crippen molar-refractivity contribution >= 4 is 5.91 Å². The first kappa shape index (κ1) is 15.1. The highest BCUT2D eigenvalue weighted by Gasteiger charge is 2.32. The maximum absolute atomic E-state index is 12.6. The van der Waals surface area contributed by atoms with Crippen LogP contribution in [0.5, 0.6) is 5.88 Å². The highest BCUT2D eigenvalue weighted by atomic mass is 16.5. The molecule has 0 bridgehead atoms. The van der Waals surface area contributed by atoms with E-state index in [2.05, 4.69) is 21.0 Å². The number of carbonyl (C=O) groups excluding carboxylic acids is 1. The first-order chi connectivity index (χ1) is 11.8. The quantitative estimate of drug-likeness (QED) is 0.839. The summed E-state index contributed by atoms with van der Waals surface area (Å²) in [7, 11) is 0. The van der Waals surface area contributed by atoms with Crippen LogP contribution in [0.3, 0.4) is 0 Å². The number of carbonyl (C=O) groups is 1. The fourth-order valence-corrected chi connectivity index (χ4v) is 3.03. The number of rotatable bonds is 4. The second-order valence-electron chi connectivity index (χ2n) is 5.91. The van der Waals surface area contributed by atoms with Crippen LogP contribution in [0.1, 0.15) is 23.4 Å². The summed E-state index contributed by atoms with van der Waals surface area (Å²) in [4.78, 5) is 18.5. The van der Waals surface area contributed by atoms with Gasteiger partial charge in [0.05, 0.1) is 6.54 Å². The number of hydrogen-bond donors (Lipinski definition) is 2. The number of nitrogens with zero attached hydrogens (tertiary/aromatic N) is 3. The fourth-order valence-electron chi connectivity index (χ4n) is 3.03. The first-order valence-electron chi connectivity index (χ1n) is 8.08. The lowest BCUT2D eigenvalue weighted by Gasteiger charge is -2.28. The number of hydrazine groups is 1. The molecule has 0 aliphatic carbocycles. The van der Waals surface area contributed by atoms with Crippen molar-refractivity contribution in [1.29, 1.82) is 0 Å². The van der Waals surface area contributed by atoms with Gasteiger partial charge >= 0.3 is 0 Å². The van der Waals surface area contributed by atoms with Crippen LogP contribution >= 0.6 is 0 Å². The van der Waals surface area contributed by atoms with Crippen LogP contribution in [-0.2, 0) is 24.4 Å². The summed E-state index contributed by atoms with van der Waals surface area (Å²) in [5.74, 6) is 1.50. The van der Waals surface area contributed by atoms with Crippen LogP contribution in [0.4, 0.5) is 0 Å². The number of aromatic nitrogens is 2. The molecule has 2 aromatic rings. The van der Waals surface area contributed by atoms with E-state index < -0.39 is 0 Å². The zero-order valence-electron chi connectivity index (χ0n) is 13.2. The second kappa shape index (κ2) is 6.58. The van der Waals surface area contributed by atoms with E-state index in [0.717, 1.165) is 30.0 Å². The average molecular weight is 329 g/mol. The standard InChI is InChI=1S/C16H19N5O3/c22-16(12-4-7-18-19-12)21-8-5-14-11(9-21)13(20-24-14)10-23-15-3-1-2-6-17-15/h1-3,6,12,18-19H,4-5,7-10H2. The van der Waals surface area contributed by atoms with Crippen molar-refractivity contribution in [3.63, 3.8) is 0 Å². The van der Waals surface area contributed by atoms with Gasteiger partial charge in [0.2, 0.25) is 11.8 Å². The zero-order chi connectivity index (χ0) is 16.4. The van der Waals surface area contributed by atoms with Crippen LogP contribution in [0.25, 0.3) is 0 Å². The smallest absolute Gasteiger partial charge is 0.241 e. The molecule has 8 nitrogen and oxygen atoms in total. The Bertz CT molecular complexity index is 712. The SMILES string of the molecule is O=C(C1CCNN1)N1CCc2onc(COc3ccccn3)c2C1.